The Bertz CT molecular complexity index is 640. The van der Waals surface area contributed by atoms with Crippen LogP contribution >= 0.6 is 12.4 Å². The van der Waals surface area contributed by atoms with Crippen molar-refractivity contribution in [3.63, 3.8) is 0 Å². The molecule has 5 nitrogen and oxygen atoms in total. The van der Waals surface area contributed by atoms with Crippen LogP contribution in [-0.2, 0) is 10.0 Å². The van der Waals surface area contributed by atoms with E-state index in [0.29, 0.717) is 25.9 Å². The zero-order valence-corrected chi connectivity index (χ0v) is 14.7. The topological polar surface area (TPSA) is 58.6 Å². The molecule has 1 aliphatic heterocycles. The summed E-state index contributed by atoms with van der Waals surface area (Å²) in [6, 6.07) is 2.52. The molecule has 0 saturated carbocycles. The second kappa shape index (κ2) is 8.89. The lowest BCUT2D eigenvalue weighted by molar-refractivity contribution is -0.0522. The summed E-state index contributed by atoms with van der Waals surface area (Å²) in [6.07, 6.45) is 1.29. The molecule has 0 radical (unpaired) electrons. The molecule has 0 aromatic heterocycles. The van der Waals surface area contributed by atoms with Crippen molar-refractivity contribution in [2.24, 2.45) is 0 Å². The summed E-state index contributed by atoms with van der Waals surface area (Å²) < 4.78 is 68.9. The Morgan fingerprint density at radius 3 is 2.62 bits per heavy atom. The molecule has 1 saturated heterocycles. The van der Waals surface area contributed by atoms with Crippen molar-refractivity contribution in [2.75, 3.05) is 19.6 Å². The van der Waals surface area contributed by atoms with E-state index in [9.17, 15) is 21.6 Å². The van der Waals surface area contributed by atoms with Gasteiger partial charge in [-0.15, -0.1) is 12.4 Å². The maximum Gasteiger partial charge on any atom is 0.387 e. The van der Waals surface area contributed by atoms with Gasteiger partial charge >= 0.3 is 6.61 Å². The van der Waals surface area contributed by atoms with Crippen LogP contribution < -0.4 is 10.1 Å². The Balaban J connectivity index is 0.00000288. The summed E-state index contributed by atoms with van der Waals surface area (Å²) in [5.74, 6) is -1.81. The monoisotopic (exact) mass is 388 g/mol. The van der Waals surface area contributed by atoms with Crippen molar-refractivity contribution in [1.29, 1.82) is 0 Å². The van der Waals surface area contributed by atoms with Gasteiger partial charge in [0.2, 0.25) is 10.0 Å². The third kappa shape index (κ3) is 4.75. The minimum absolute atomic E-state index is 0. The second-order valence-corrected chi connectivity index (χ2v) is 7.12. The maximum absolute atomic E-state index is 13.8. The fraction of sp³-hybridized carbons (Fsp3) is 0.571. The van der Waals surface area contributed by atoms with Gasteiger partial charge < -0.3 is 10.1 Å². The van der Waals surface area contributed by atoms with Crippen LogP contribution in [0.2, 0.25) is 0 Å². The fourth-order valence-electron chi connectivity index (χ4n) is 2.57. The number of nitrogens with zero attached hydrogens (tertiary/aromatic N) is 1. The van der Waals surface area contributed by atoms with E-state index in [1.54, 1.807) is 0 Å². The van der Waals surface area contributed by atoms with Gasteiger partial charge in [-0.2, -0.15) is 13.1 Å². The molecule has 1 aromatic carbocycles. The van der Waals surface area contributed by atoms with E-state index in [4.69, 9.17) is 0 Å². The van der Waals surface area contributed by atoms with E-state index in [1.807, 2.05) is 6.92 Å². The molecule has 1 unspecified atom stereocenters. The van der Waals surface area contributed by atoms with Crippen molar-refractivity contribution < 1.29 is 26.3 Å². The molecule has 2 rings (SSSR count). The van der Waals surface area contributed by atoms with Crippen LogP contribution in [0, 0.1) is 5.82 Å². The van der Waals surface area contributed by atoms with Crippen molar-refractivity contribution >= 4 is 22.4 Å². The van der Waals surface area contributed by atoms with Crippen LogP contribution in [0.15, 0.2) is 23.1 Å². The number of sulfonamides is 1. The fourth-order valence-corrected chi connectivity index (χ4v) is 4.33. The van der Waals surface area contributed by atoms with Gasteiger partial charge in [0.15, 0.2) is 11.6 Å². The average Bonchev–Trinajstić information content (AvgIpc) is 3.00. The molecule has 10 heteroatoms. The summed E-state index contributed by atoms with van der Waals surface area (Å²) >= 11 is 0. The van der Waals surface area contributed by atoms with Crippen LogP contribution in [0.3, 0.4) is 0 Å². The molecule has 1 heterocycles. The number of rotatable bonds is 7. The lowest BCUT2D eigenvalue weighted by atomic mass is 10.2. The number of alkyl halides is 2. The number of benzene rings is 1. The molecule has 24 heavy (non-hydrogen) atoms. The summed E-state index contributed by atoms with van der Waals surface area (Å²) in [4.78, 5) is -0.267. The zero-order valence-electron chi connectivity index (χ0n) is 13.0. The molecule has 0 amide bonds. The Morgan fingerprint density at radius 1 is 1.42 bits per heavy atom. The van der Waals surface area contributed by atoms with Crippen molar-refractivity contribution in [1.82, 2.24) is 9.62 Å². The van der Waals surface area contributed by atoms with E-state index >= 15 is 0 Å². The summed E-state index contributed by atoms with van der Waals surface area (Å²) in [5.41, 5.74) is 0. The van der Waals surface area contributed by atoms with Gasteiger partial charge in [0.05, 0.1) is 4.90 Å². The third-order valence-electron chi connectivity index (χ3n) is 3.61. The lowest BCUT2D eigenvalue weighted by Gasteiger charge is -2.27. The van der Waals surface area contributed by atoms with E-state index in [-0.39, 0.29) is 23.3 Å². The molecule has 1 fully saturated rings. The maximum atomic E-state index is 13.8. The van der Waals surface area contributed by atoms with Gasteiger partial charge in [0, 0.05) is 19.1 Å². The van der Waals surface area contributed by atoms with Crippen LogP contribution in [0.1, 0.15) is 19.8 Å². The summed E-state index contributed by atoms with van der Waals surface area (Å²) in [7, 11) is -3.90. The highest BCUT2D eigenvalue weighted by Crippen LogP contribution is 2.26. The molecule has 0 bridgehead atoms. The largest absolute Gasteiger partial charge is 0.432 e. The first-order valence-electron chi connectivity index (χ1n) is 7.33. The minimum Gasteiger partial charge on any atom is -0.432 e. The lowest BCUT2D eigenvalue weighted by Crippen LogP contribution is -2.42. The molecule has 0 spiro atoms. The molecule has 1 aromatic rings. The molecular weight excluding hydrogens is 369 g/mol. The van der Waals surface area contributed by atoms with E-state index < -0.39 is 28.2 Å². The molecule has 138 valence electrons. The first-order valence-corrected chi connectivity index (χ1v) is 8.77. The number of hydrogen-bond donors (Lipinski definition) is 1. The van der Waals surface area contributed by atoms with E-state index in [2.05, 4.69) is 10.1 Å². The quantitative estimate of drug-likeness (QED) is 0.780. The van der Waals surface area contributed by atoms with Crippen LogP contribution in [-0.4, -0.2) is 45.0 Å². The van der Waals surface area contributed by atoms with Crippen LogP contribution in [0.25, 0.3) is 0 Å². The standard InChI is InChI=1S/C14H19F3N2O3S.ClH/c1-2-7-19(10-5-6-18-9-10)23(20,21)11-3-4-13(12(15)8-11)22-14(16)17;/h3-4,8,10,14,18H,2,5-7,9H2,1H3;1H. The number of nitrogens with one attached hydrogen (secondary N) is 1. The normalized spacial score (nSPS) is 18.0. The SMILES string of the molecule is CCCN(C1CCNC1)S(=O)(=O)c1ccc(OC(F)F)c(F)c1.Cl. The average molecular weight is 389 g/mol. The van der Waals surface area contributed by atoms with Crippen molar-refractivity contribution in [2.45, 2.75) is 37.3 Å². The number of halogens is 4. The molecule has 0 aliphatic carbocycles. The van der Waals surface area contributed by atoms with E-state index in [1.165, 1.54) is 4.31 Å². The Hall–Kier alpha value is -1.03. The smallest absolute Gasteiger partial charge is 0.387 e. The zero-order chi connectivity index (χ0) is 17.0. The van der Waals surface area contributed by atoms with Crippen LogP contribution in [0.4, 0.5) is 13.2 Å². The van der Waals surface area contributed by atoms with Crippen molar-refractivity contribution in [3.8, 4) is 5.75 Å². The molecule has 1 aliphatic rings. The highest BCUT2D eigenvalue weighted by atomic mass is 35.5. The molecule has 1 N–H and O–H groups in total. The van der Waals surface area contributed by atoms with Gasteiger partial charge in [-0.1, -0.05) is 6.92 Å². The van der Waals surface area contributed by atoms with E-state index in [0.717, 1.165) is 24.7 Å². The van der Waals surface area contributed by atoms with Gasteiger partial charge in [0.1, 0.15) is 0 Å². The van der Waals surface area contributed by atoms with Gasteiger partial charge in [-0.3, -0.25) is 0 Å². The summed E-state index contributed by atoms with van der Waals surface area (Å²) in [5, 5.41) is 3.09. The van der Waals surface area contributed by atoms with Gasteiger partial charge in [-0.25, -0.2) is 12.8 Å². The first-order chi connectivity index (χ1) is 10.9. The minimum atomic E-state index is -3.90. The first kappa shape index (κ1) is 21.0. The van der Waals surface area contributed by atoms with Gasteiger partial charge in [-0.05, 0) is 37.6 Å². The van der Waals surface area contributed by atoms with Gasteiger partial charge in [0.25, 0.3) is 0 Å². The highest BCUT2D eigenvalue weighted by molar-refractivity contribution is 7.89. The Labute approximate surface area is 145 Å². The Morgan fingerprint density at radius 2 is 2.12 bits per heavy atom. The molecule has 1 atom stereocenters. The number of ether oxygens (including phenoxy) is 1. The predicted octanol–water partition coefficient (Wildman–Crippen LogP) is 2.61. The Kier molecular flexibility index (Phi) is 7.78. The summed E-state index contributed by atoms with van der Waals surface area (Å²) in [6.45, 7) is 0.244. The highest BCUT2D eigenvalue weighted by Gasteiger charge is 2.33. The number of hydrogen-bond acceptors (Lipinski definition) is 4. The third-order valence-corrected chi connectivity index (χ3v) is 5.56. The second-order valence-electron chi connectivity index (χ2n) is 5.23. The van der Waals surface area contributed by atoms with Crippen LogP contribution in [0.5, 0.6) is 5.75 Å². The van der Waals surface area contributed by atoms with Crippen molar-refractivity contribution in [3.05, 3.63) is 24.0 Å². The molecular formula is C14H20ClF3N2O3S. The predicted molar refractivity (Wildman–Crippen MR) is 85.7 cm³/mol.